The number of rotatable bonds is 7. The molecule has 0 aliphatic heterocycles. The lowest BCUT2D eigenvalue weighted by Gasteiger charge is -2.08. The number of nitrogens with zero attached hydrogens (tertiary/aromatic N) is 1. The first-order valence-electron chi connectivity index (χ1n) is 7.12. The van der Waals surface area contributed by atoms with Crippen molar-refractivity contribution in [1.82, 2.24) is 0 Å². The minimum absolute atomic E-state index is 0.0617. The van der Waals surface area contributed by atoms with Crippen molar-refractivity contribution in [2.75, 3.05) is 19.0 Å². The van der Waals surface area contributed by atoms with Crippen molar-refractivity contribution in [3.05, 3.63) is 29.6 Å². The number of halogens is 1. The first kappa shape index (κ1) is 16.2. The van der Waals surface area contributed by atoms with Gasteiger partial charge in [-0.1, -0.05) is 0 Å². The Bertz CT molecular complexity index is 559. The van der Waals surface area contributed by atoms with Crippen molar-refractivity contribution < 1.29 is 18.7 Å². The number of hydrogen-bond acceptors (Lipinski definition) is 4. The second-order valence-electron chi connectivity index (χ2n) is 5.07. The molecule has 1 fully saturated rings. The molecule has 1 aromatic rings. The van der Waals surface area contributed by atoms with Gasteiger partial charge in [0.15, 0.2) is 0 Å². The zero-order valence-corrected chi connectivity index (χ0v) is 12.5. The molecular weight excluding hydrogens is 289 g/mol. The standard InChI is InChI=1S/C15H20FN3O3/c1-21-7-6-14(20)19-11-2-5-13(16)10(8-11)9-18-15(17)22-12-3-4-12/h2,5,8,12H,3-4,6-7,9H2,1H3,(H2,17,18)(H,19,20). The summed E-state index contributed by atoms with van der Waals surface area (Å²) in [5.74, 6) is -0.600. The molecule has 3 N–H and O–H groups in total. The van der Waals surface area contributed by atoms with E-state index in [2.05, 4.69) is 10.3 Å². The highest BCUT2D eigenvalue weighted by atomic mass is 19.1. The van der Waals surface area contributed by atoms with Gasteiger partial charge >= 0.3 is 0 Å². The maximum absolute atomic E-state index is 13.8. The van der Waals surface area contributed by atoms with Crippen LogP contribution < -0.4 is 11.1 Å². The number of nitrogens with one attached hydrogen (secondary N) is 1. The van der Waals surface area contributed by atoms with E-state index < -0.39 is 5.82 Å². The zero-order valence-electron chi connectivity index (χ0n) is 12.5. The second-order valence-corrected chi connectivity index (χ2v) is 5.07. The lowest BCUT2D eigenvalue weighted by atomic mass is 10.2. The third-order valence-electron chi connectivity index (χ3n) is 3.08. The molecule has 0 spiro atoms. The summed E-state index contributed by atoms with van der Waals surface area (Å²) in [6, 6.07) is 4.39. The number of carbonyl (C=O) groups is 1. The minimum Gasteiger partial charge on any atom is -0.462 e. The van der Waals surface area contributed by atoms with Crippen molar-refractivity contribution in [3.63, 3.8) is 0 Å². The third-order valence-corrected chi connectivity index (χ3v) is 3.08. The van der Waals surface area contributed by atoms with E-state index in [9.17, 15) is 9.18 Å². The van der Waals surface area contributed by atoms with Crippen LogP contribution in [0.4, 0.5) is 10.1 Å². The van der Waals surface area contributed by atoms with Crippen LogP contribution in [0.5, 0.6) is 0 Å². The molecule has 1 amide bonds. The van der Waals surface area contributed by atoms with Crippen LogP contribution in [0.2, 0.25) is 0 Å². The normalized spacial score (nSPS) is 14.7. The highest BCUT2D eigenvalue weighted by molar-refractivity contribution is 5.90. The van der Waals surface area contributed by atoms with Gasteiger partial charge in [0.25, 0.3) is 6.02 Å². The number of amidine groups is 1. The number of hydrogen-bond donors (Lipinski definition) is 2. The Balaban J connectivity index is 1.95. The van der Waals surface area contributed by atoms with Gasteiger partial charge in [0, 0.05) is 18.4 Å². The Hall–Kier alpha value is -2.15. The fourth-order valence-corrected chi connectivity index (χ4v) is 1.75. The van der Waals surface area contributed by atoms with Crippen LogP contribution in [0.25, 0.3) is 0 Å². The smallest absolute Gasteiger partial charge is 0.282 e. The highest BCUT2D eigenvalue weighted by Crippen LogP contribution is 2.23. The molecule has 2 rings (SSSR count). The molecule has 1 aliphatic carbocycles. The summed E-state index contributed by atoms with van der Waals surface area (Å²) in [5.41, 5.74) is 6.46. The first-order valence-corrected chi connectivity index (χ1v) is 7.12. The van der Waals surface area contributed by atoms with Gasteiger partial charge in [-0.2, -0.15) is 0 Å². The SMILES string of the molecule is COCCC(=O)Nc1ccc(F)c(CN=C(N)OC2CC2)c1. The first-order chi connectivity index (χ1) is 10.6. The third kappa shape index (κ3) is 5.33. The number of methoxy groups -OCH3 is 1. The molecular formula is C15H20FN3O3. The number of aliphatic imine (C=N–C) groups is 1. The molecule has 0 bridgehead atoms. The Kier molecular flexibility index (Phi) is 5.71. The van der Waals surface area contributed by atoms with E-state index >= 15 is 0 Å². The van der Waals surface area contributed by atoms with Gasteiger partial charge in [0.2, 0.25) is 5.91 Å². The van der Waals surface area contributed by atoms with Crippen LogP contribution in [0.15, 0.2) is 23.2 Å². The summed E-state index contributed by atoms with van der Waals surface area (Å²) in [4.78, 5) is 15.6. The van der Waals surface area contributed by atoms with E-state index in [0.29, 0.717) is 17.9 Å². The van der Waals surface area contributed by atoms with E-state index in [1.165, 1.54) is 25.3 Å². The Morgan fingerprint density at radius 2 is 2.27 bits per heavy atom. The molecule has 0 heterocycles. The van der Waals surface area contributed by atoms with Crippen LogP contribution >= 0.6 is 0 Å². The van der Waals surface area contributed by atoms with E-state index in [-0.39, 0.29) is 31.0 Å². The lowest BCUT2D eigenvalue weighted by Crippen LogP contribution is -2.17. The largest absolute Gasteiger partial charge is 0.462 e. The van der Waals surface area contributed by atoms with E-state index in [4.69, 9.17) is 15.2 Å². The Labute approximate surface area is 128 Å². The van der Waals surface area contributed by atoms with Crippen LogP contribution in [0.3, 0.4) is 0 Å². The highest BCUT2D eigenvalue weighted by Gasteiger charge is 2.24. The number of nitrogens with two attached hydrogens (primary N) is 1. The molecule has 7 heteroatoms. The molecule has 0 unspecified atom stereocenters. The zero-order chi connectivity index (χ0) is 15.9. The van der Waals surface area contributed by atoms with E-state index in [0.717, 1.165) is 12.8 Å². The molecule has 1 saturated carbocycles. The summed E-state index contributed by atoms with van der Waals surface area (Å²) >= 11 is 0. The second kappa shape index (κ2) is 7.74. The van der Waals surface area contributed by atoms with Crippen molar-refractivity contribution in [1.29, 1.82) is 0 Å². The monoisotopic (exact) mass is 309 g/mol. The fourth-order valence-electron chi connectivity index (χ4n) is 1.75. The fraction of sp³-hybridized carbons (Fsp3) is 0.467. The van der Waals surface area contributed by atoms with Gasteiger partial charge in [-0.25, -0.2) is 9.38 Å². The Morgan fingerprint density at radius 3 is 2.95 bits per heavy atom. The molecule has 6 nitrogen and oxygen atoms in total. The molecule has 22 heavy (non-hydrogen) atoms. The number of carbonyl (C=O) groups excluding carboxylic acids is 1. The number of amides is 1. The summed E-state index contributed by atoms with van der Waals surface area (Å²) < 4.78 is 23.9. The molecule has 0 atom stereocenters. The van der Waals surface area contributed by atoms with Crippen LogP contribution in [0, 0.1) is 5.82 Å². The van der Waals surface area contributed by atoms with Gasteiger partial charge in [-0.15, -0.1) is 0 Å². The Morgan fingerprint density at radius 1 is 1.50 bits per heavy atom. The van der Waals surface area contributed by atoms with E-state index in [1.807, 2.05) is 0 Å². The molecule has 120 valence electrons. The molecule has 0 saturated heterocycles. The van der Waals surface area contributed by atoms with Crippen molar-refractivity contribution in [2.45, 2.75) is 31.9 Å². The topological polar surface area (TPSA) is 85.9 Å². The summed E-state index contributed by atoms with van der Waals surface area (Å²) in [5, 5.41) is 2.68. The van der Waals surface area contributed by atoms with Gasteiger partial charge < -0.3 is 20.5 Å². The molecule has 0 aromatic heterocycles. The molecule has 0 radical (unpaired) electrons. The number of ether oxygens (including phenoxy) is 2. The van der Waals surface area contributed by atoms with Crippen LogP contribution in [-0.2, 0) is 20.8 Å². The maximum Gasteiger partial charge on any atom is 0.282 e. The summed E-state index contributed by atoms with van der Waals surface area (Å²) in [7, 11) is 1.52. The van der Waals surface area contributed by atoms with Gasteiger partial charge in [-0.3, -0.25) is 4.79 Å². The summed E-state index contributed by atoms with van der Waals surface area (Å²) in [6.45, 7) is 0.394. The molecule has 1 aliphatic rings. The predicted octanol–water partition coefficient (Wildman–Crippen LogP) is 1.79. The van der Waals surface area contributed by atoms with Crippen LogP contribution in [-0.4, -0.2) is 31.7 Å². The summed E-state index contributed by atoms with van der Waals surface area (Å²) in [6.07, 6.45) is 2.35. The maximum atomic E-state index is 13.8. The van der Waals surface area contributed by atoms with Gasteiger partial charge in [-0.05, 0) is 31.0 Å². The van der Waals surface area contributed by atoms with Crippen molar-refractivity contribution in [2.24, 2.45) is 10.7 Å². The minimum atomic E-state index is -0.405. The number of benzene rings is 1. The van der Waals surface area contributed by atoms with E-state index in [1.54, 1.807) is 0 Å². The molecule has 1 aromatic carbocycles. The van der Waals surface area contributed by atoms with Crippen molar-refractivity contribution >= 4 is 17.6 Å². The average molecular weight is 309 g/mol. The predicted molar refractivity (Wildman–Crippen MR) is 81.0 cm³/mol. The number of anilines is 1. The lowest BCUT2D eigenvalue weighted by molar-refractivity contribution is -0.117. The van der Waals surface area contributed by atoms with Gasteiger partial charge in [0.1, 0.15) is 11.9 Å². The van der Waals surface area contributed by atoms with Crippen LogP contribution in [0.1, 0.15) is 24.8 Å². The van der Waals surface area contributed by atoms with Gasteiger partial charge in [0.05, 0.1) is 19.6 Å². The average Bonchev–Trinajstić information content (AvgIpc) is 3.29. The quantitative estimate of drug-likeness (QED) is 0.594. The van der Waals surface area contributed by atoms with Crippen molar-refractivity contribution in [3.8, 4) is 0 Å².